The molecule has 1 amide bonds. The van der Waals surface area contributed by atoms with Gasteiger partial charge in [-0.2, -0.15) is 4.68 Å². The molecule has 0 bridgehead atoms. The normalized spacial score (nSPS) is 19.3. The first-order valence-corrected chi connectivity index (χ1v) is 12.6. The highest BCUT2D eigenvalue weighted by Gasteiger charge is 2.38. The quantitative estimate of drug-likeness (QED) is 0.660. The Morgan fingerprint density at radius 1 is 1.10 bits per heavy atom. The molecule has 0 unspecified atom stereocenters. The van der Waals surface area contributed by atoms with Crippen molar-refractivity contribution >= 4 is 17.7 Å². The Morgan fingerprint density at radius 3 is 2.61 bits per heavy atom. The summed E-state index contributed by atoms with van der Waals surface area (Å²) in [6.07, 6.45) is 10.2. The van der Waals surface area contributed by atoms with Gasteiger partial charge in [0.05, 0.1) is 11.4 Å². The molecule has 0 radical (unpaired) electrons. The molecule has 2 heterocycles. The fourth-order valence-corrected chi connectivity index (χ4v) is 5.71. The summed E-state index contributed by atoms with van der Waals surface area (Å²) >= 11 is 1.39. The Morgan fingerprint density at radius 2 is 1.84 bits per heavy atom. The minimum atomic E-state index is 0.0578. The maximum Gasteiger partial charge on any atom is 0.230 e. The van der Waals surface area contributed by atoms with E-state index in [4.69, 9.17) is 0 Å². The Bertz CT molecular complexity index is 886. The van der Waals surface area contributed by atoms with Gasteiger partial charge in [-0.3, -0.25) is 9.69 Å². The zero-order chi connectivity index (χ0) is 21.7. The largest absolute Gasteiger partial charge is 0.354 e. The SMILES string of the molecule is Cc1ccc(C)c(-n2nnnc2SCC(=O)NCC2(N3CCCCC3)CCCCC2)c1. The lowest BCUT2D eigenvalue weighted by Gasteiger charge is -2.48. The summed E-state index contributed by atoms with van der Waals surface area (Å²) in [6, 6.07) is 6.21. The monoisotopic (exact) mass is 442 g/mol. The van der Waals surface area contributed by atoms with E-state index in [1.54, 1.807) is 4.68 Å². The molecular weight excluding hydrogens is 408 g/mol. The minimum Gasteiger partial charge on any atom is -0.354 e. The second-order valence-corrected chi connectivity index (χ2v) is 10.0. The maximum atomic E-state index is 12.7. The van der Waals surface area contributed by atoms with E-state index in [1.807, 2.05) is 6.92 Å². The standard InChI is InChI=1S/C23H34N6OS/c1-18-9-10-19(2)20(15-18)29-22(25-26-27-29)31-16-21(30)24-17-23(11-5-3-6-12-23)28-13-7-4-8-14-28/h9-10,15H,3-8,11-14,16-17H2,1-2H3,(H,24,30). The number of likely N-dealkylation sites (tertiary alicyclic amines) is 1. The Labute approximate surface area is 189 Å². The summed E-state index contributed by atoms with van der Waals surface area (Å²) in [5.74, 6) is 0.379. The molecule has 168 valence electrons. The van der Waals surface area contributed by atoms with Crippen molar-refractivity contribution in [2.75, 3.05) is 25.4 Å². The lowest BCUT2D eigenvalue weighted by Crippen LogP contribution is -2.58. The molecule has 1 aromatic carbocycles. The average Bonchev–Trinajstić information content (AvgIpc) is 3.27. The molecule has 1 aliphatic heterocycles. The van der Waals surface area contributed by atoms with Crippen LogP contribution in [-0.2, 0) is 4.79 Å². The summed E-state index contributed by atoms with van der Waals surface area (Å²) in [7, 11) is 0. The molecule has 2 fully saturated rings. The first kappa shape index (κ1) is 22.3. The molecular formula is C23H34N6OS. The Kier molecular flexibility index (Phi) is 7.27. The van der Waals surface area contributed by atoms with E-state index in [-0.39, 0.29) is 11.4 Å². The van der Waals surface area contributed by atoms with Crippen LogP contribution in [0.25, 0.3) is 5.69 Å². The summed E-state index contributed by atoms with van der Waals surface area (Å²) in [6.45, 7) is 7.21. The van der Waals surface area contributed by atoms with Gasteiger partial charge in [0.1, 0.15) is 0 Å². The van der Waals surface area contributed by atoms with Gasteiger partial charge >= 0.3 is 0 Å². The van der Waals surface area contributed by atoms with Gasteiger partial charge in [0.2, 0.25) is 11.1 Å². The van der Waals surface area contributed by atoms with Gasteiger partial charge in [-0.15, -0.1) is 5.10 Å². The molecule has 0 spiro atoms. The lowest BCUT2D eigenvalue weighted by atomic mass is 9.79. The van der Waals surface area contributed by atoms with Crippen LogP contribution in [0.5, 0.6) is 0 Å². The predicted octanol–water partition coefficient (Wildman–Crippen LogP) is 3.68. The molecule has 1 aromatic heterocycles. The number of benzene rings is 1. The fourth-order valence-electron chi connectivity index (χ4n) is 4.99. The van der Waals surface area contributed by atoms with Gasteiger partial charge in [-0.05, 0) is 80.2 Å². The van der Waals surface area contributed by atoms with Gasteiger partial charge in [-0.25, -0.2) is 0 Å². The van der Waals surface area contributed by atoms with Crippen molar-refractivity contribution in [3.05, 3.63) is 29.3 Å². The molecule has 1 saturated heterocycles. The van der Waals surface area contributed by atoms with Crippen LogP contribution in [0.3, 0.4) is 0 Å². The van der Waals surface area contributed by atoms with Crippen LogP contribution in [0.4, 0.5) is 0 Å². The number of thioether (sulfide) groups is 1. The van der Waals surface area contributed by atoms with E-state index in [0.29, 0.717) is 10.9 Å². The van der Waals surface area contributed by atoms with Crippen LogP contribution >= 0.6 is 11.8 Å². The third kappa shape index (κ3) is 5.29. The van der Waals surface area contributed by atoms with Crippen LogP contribution in [0, 0.1) is 13.8 Å². The summed E-state index contributed by atoms with van der Waals surface area (Å²) in [5.41, 5.74) is 3.36. The Hall–Kier alpha value is -1.93. The van der Waals surface area contributed by atoms with Crippen molar-refractivity contribution in [2.24, 2.45) is 0 Å². The van der Waals surface area contributed by atoms with Crippen molar-refractivity contribution < 1.29 is 4.79 Å². The molecule has 31 heavy (non-hydrogen) atoms. The zero-order valence-electron chi connectivity index (χ0n) is 18.8. The predicted molar refractivity (Wildman–Crippen MR) is 124 cm³/mol. The number of aryl methyl sites for hydroxylation is 2. The number of amides is 1. The number of piperidine rings is 1. The molecule has 1 saturated carbocycles. The van der Waals surface area contributed by atoms with Gasteiger partial charge in [0.15, 0.2) is 0 Å². The van der Waals surface area contributed by atoms with Gasteiger partial charge in [0.25, 0.3) is 0 Å². The molecule has 1 N–H and O–H groups in total. The Balaban J connectivity index is 1.36. The summed E-state index contributed by atoms with van der Waals surface area (Å²) in [4.78, 5) is 15.4. The third-order valence-electron chi connectivity index (χ3n) is 6.79. The zero-order valence-corrected chi connectivity index (χ0v) is 19.6. The maximum absolute atomic E-state index is 12.7. The van der Waals surface area contributed by atoms with Gasteiger partial charge < -0.3 is 5.32 Å². The minimum absolute atomic E-state index is 0.0578. The van der Waals surface area contributed by atoms with Crippen LogP contribution in [-0.4, -0.2) is 61.9 Å². The summed E-state index contributed by atoms with van der Waals surface area (Å²) < 4.78 is 1.73. The highest BCUT2D eigenvalue weighted by molar-refractivity contribution is 7.99. The van der Waals surface area contributed by atoms with E-state index in [0.717, 1.165) is 23.4 Å². The van der Waals surface area contributed by atoms with Crippen molar-refractivity contribution in [1.29, 1.82) is 0 Å². The van der Waals surface area contributed by atoms with Gasteiger partial charge in [0, 0.05) is 12.1 Å². The number of hydrogen-bond acceptors (Lipinski definition) is 6. The third-order valence-corrected chi connectivity index (χ3v) is 7.71. The molecule has 2 aliphatic rings. The van der Waals surface area contributed by atoms with Crippen LogP contribution in [0.15, 0.2) is 23.4 Å². The highest BCUT2D eigenvalue weighted by Crippen LogP contribution is 2.35. The number of hydrogen-bond donors (Lipinski definition) is 1. The molecule has 0 atom stereocenters. The highest BCUT2D eigenvalue weighted by atomic mass is 32.2. The van der Waals surface area contributed by atoms with Crippen LogP contribution in [0.1, 0.15) is 62.5 Å². The molecule has 4 rings (SSSR count). The lowest BCUT2D eigenvalue weighted by molar-refractivity contribution is -0.119. The van der Waals surface area contributed by atoms with Crippen LogP contribution in [0.2, 0.25) is 0 Å². The number of tetrazole rings is 1. The van der Waals surface area contributed by atoms with Crippen molar-refractivity contribution in [3.63, 3.8) is 0 Å². The number of aromatic nitrogens is 4. The fraction of sp³-hybridized carbons (Fsp3) is 0.652. The van der Waals surface area contributed by atoms with Crippen LogP contribution < -0.4 is 5.32 Å². The van der Waals surface area contributed by atoms with E-state index >= 15 is 0 Å². The first-order valence-electron chi connectivity index (χ1n) is 11.6. The van der Waals surface area contributed by atoms with Crippen molar-refractivity contribution in [2.45, 2.75) is 75.9 Å². The van der Waals surface area contributed by atoms with E-state index in [2.05, 4.69) is 50.9 Å². The van der Waals surface area contributed by atoms with Crippen molar-refractivity contribution in [3.8, 4) is 5.69 Å². The molecule has 8 heteroatoms. The number of nitrogens with one attached hydrogen (secondary N) is 1. The number of carbonyl (C=O) groups is 1. The van der Waals surface area contributed by atoms with Gasteiger partial charge in [-0.1, -0.05) is 49.6 Å². The molecule has 7 nitrogen and oxygen atoms in total. The topological polar surface area (TPSA) is 75.9 Å². The molecule has 2 aromatic rings. The average molecular weight is 443 g/mol. The number of nitrogens with zero attached hydrogens (tertiary/aromatic N) is 5. The number of carbonyl (C=O) groups excluding carboxylic acids is 1. The smallest absolute Gasteiger partial charge is 0.230 e. The van der Waals surface area contributed by atoms with Crippen molar-refractivity contribution in [1.82, 2.24) is 30.4 Å². The molecule has 1 aliphatic carbocycles. The second-order valence-electron chi connectivity index (χ2n) is 9.06. The second kappa shape index (κ2) is 10.1. The number of rotatable bonds is 7. The summed E-state index contributed by atoms with van der Waals surface area (Å²) in [5, 5.41) is 16.0. The van der Waals surface area contributed by atoms with E-state index in [9.17, 15) is 4.79 Å². The van der Waals surface area contributed by atoms with E-state index < -0.39 is 0 Å². The van der Waals surface area contributed by atoms with E-state index in [1.165, 1.54) is 76.2 Å². The first-order chi connectivity index (χ1) is 15.1.